The number of ether oxygens (including phenoxy) is 1. The van der Waals surface area contributed by atoms with E-state index in [2.05, 4.69) is 179 Å². The second-order valence-corrected chi connectivity index (χ2v) is 13.6. The Morgan fingerprint density at radius 2 is 1.04 bits per heavy atom. The summed E-state index contributed by atoms with van der Waals surface area (Å²) >= 11 is 0. The summed E-state index contributed by atoms with van der Waals surface area (Å²) in [6.07, 6.45) is 0. The quantitative estimate of drug-likeness (QED) is 0.175. The van der Waals surface area contributed by atoms with Gasteiger partial charge in [-0.1, -0.05) is 133 Å². The maximum atomic E-state index is 7.23. The van der Waals surface area contributed by atoms with Gasteiger partial charge in [-0.3, -0.25) is 0 Å². The van der Waals surface area contributed by atoms with Crippen LogP contribution in [0.25, 0.3) is 65.8 Å². The van der Waals surface area contributed by atoms with Gasteiger partial charge in [-0.2, -0.15) is 0 Å². The number of benzene rings is 8. The zero-order chi connectivity index (χ0) is 32.6. The first-order chi connectivity index (χ1) is 24.8. The third-order valence-corrected chi connectivity index (χ3v) is 11.3. The van der Waals surface area contributed by atoms with Crippen LogP contribution >= 0.6 is 0 Å². The van der Waals surface area contributed by atoms with E-state index in [1.807, 2.05) is 0 Å². The molecule has 12 rings (SSSR count). The molecule has 232 valence electrons. The molecule has 0 saturated carbocycles. The van der Waals surface area contributed by atoms with Gasteiger partial charge >= 0.3 is 0 Å². The minimum atomic E-state index is -0.622. The molecule has 0 amide bonds. The van der Waals surface area contributed by atoms with E-state index >= 15 is 0 Å². The van der Waals surface area contributed by atoms with Gasteiger partial charge in [0.1, 0.15) is 5.75 Å². The van der Waals surface area contributed by atoms with Gasteiger partial charge in [-0.25, -0.2) is 0 Å². The summed E-state index contributed by atoms with van der Waals surface area (Å²) in [5, 5.41) is 7.36. The van der Waals surface area contributed by atoms with Crippen LogP contribution in [0.4, 0.5) is 0 Å². The highest BCUT2D eigenvalue weighted by Gasteiger charge is 2.51. The topological polar surface area (TPSA) is 19.1 Å². The van der Waals surface area contributed by atoms with Crippen LogP contribution < -0.4 is 4.74 Å². The first-order valence-electron chi connectivity index (χ1n) is 17.3. The van der Waals surface area contributed by atoms with Crippen molar-refractivity contribution >= 4 is 54.4 Å². The van der Waals surface area contributed by atoms with E-state index in [1.165, 1.54) is 60.2 Å². The normalized spacial score (nSPS) is 15.8. The SMILES string of the molecule is c1ccc2c(c1)Oc1c(ccc3c4ccccc4n(-c4ccc5ccccc5c4)c13)C21c2ccccc2-n2c3ccccc3c3cccc1c32. The predicted octanol–water partition coefficient (Wildman–Crippen LogP) is 11.8. The molecule has 2 aliphatic heterocycles. The first-order valence-corrected chi connectivity index (χ1v) is 17.3. The van der Waals surface area contributed by atoms with Crippen molar-refractivity contribution in [3.63, 3.8) is 0 Å². The van der Waals surface area contributed by atoms with Crippen molar-refractivity contribution in [3.05, 3.63) is 192 Å². The fraction of sp³-hybridized carbons (Fsp3) is 0.0213. The van der Waals surface area contributed by atoms with E-state index in [0.717, 1.165) is 39.3 Å². The molecule has 0 aliphatic carbocycles. The Kier molecular flexibility index (Phi) is 4.91. The van der Waals surface area contributed by atoms with Gasteiger partial charge in [0, 0.05) is 38.4 Å². The molecule has 0 radical (unpaired) electrons. The number of hydrogen-bond acceptors (Lipinski definition) is 1. The zero-order valence-electron chi connectivity index (χ0n) is 27.0. The summed E-state index contributed by atoms with van der Waals surface area (Å²) in [5.41, 5.74) is 11.3. The molecule has 0 saturated heterocycles. The number of aromatic nitrogens is 2. The van der Waals surface area contributed by atoms with Crippen molar-refractivity contribution in [2.75, 3.05) is 0 Å². The number of rotatable bonds is 1. The molecule has 1 unspecified atom stereocenters. The van der Waals surface area contributed by atoms with E-state index in [-0.39, 0.29) is 0 Å². The molecular weight excluding hydrogens is 609 g/mol. The molecule has 0 bridgehead atoms. The lowest BCUT2D eigenvalue weighted by Crippen LogP contribution is -2.37. The molecule has 2 aromatic heterocycles. The van der Waals surface area contributed by atoms with E-state index in [0.29, 0.717) is 0 Å². The Labute approximate surface area is 287 Å². The summed E-state index contributed by atoms with van der Waals surface area (Å²) in [4.78, 5) is 0. The van der Waals surface area contributed by atoms with E-state index in [1.54, 1.807) is 0 Å². The minimum absolute atomic E-state index is 0.622. The summed E-state index contributed by atoms with van der Waals surface area (Å²) in [7, 11) is 0. The molecule has 3 nitrogen and oxygen atoms in total. The molecule has 4 heterocycles. The van der Waals surface area contributed by atoms with Crippen LogP contribution in [0, 0.1) is 0 Å². The molecule has 3 heteroatoms. The lowest BCUT2D eigenvalue weighted by molar-refractivity contribution is 0.438. The van der Waals surface area contributed by atoms with Crippen LogP contribution in [-0.4, -0.2) is 9.13 Å². The van der Waals surface area contributed by atoms with Crippen LogP contribution in [0.5, 0.6) is 11.5 Å². The lowest BCUT2D eigenvalue weighted by Gasteiger charge is -2.45. The third-order valence-electron chi connectivity index (χ3n) is 11.3. The zero-order valence-corrected chi connectivity index (χ0v) is 27.0. The van der Waals surface area contributed by atoms with Crippen LogP contribution in [0.1, 0.15) is 22.3 Å². The van der Waals surface area contributed by atoms with Crippen molar-refractivity contribution < 1.29 is 4.74 Å². The Morgan fingerprint density at radius 1 is 0.400 bits per heavy atom. The van der Waals surface area contributed by atoms with Crippen molar-refractivity contribution in [2.45, 2.75) is 5.41 Å². The molecule has 50 heavy (non-hydrogen) atoms. The first kappa shape index (κ1) is 26.4. The molecule has 8 aromatic carbocycles. The minimum Gasteiger partial charge on any atom is -0.454 e. The highest BCUT2D eigenvalue weighted by molar-refractivity contribution is 6.14. The Balaban J connectivity index is 1.30. The molecule has 1 spiro atoms. The highest BCUT2D eigenvalue weighted by Crippen LogP contribution is 2.61. The van der Waals surface area contributed by atoms with Crippen LogP contribution in [0.3, 0.4) is 0 Å². The van der Waals surface area contributed by atoms with Gasteiger partial charge in [0.2, 0.25) is 0 Å². The van der Waals surface area contributed by atoms with Crippen molar-refractivity contribution in [1.82, 2.24) is 9.13 Å². The Bertz CT molecular complexity index is 3090. The highest BCUT2D eigenvalue weighted by atomic mass is 16.5. The summed E-state index contributed by atoms with van der Waals surface area (Å²) < 4.78 is 12.1. The fourth-order valence-electron chi connectivity index (χ4n) is 9.41. The van der Waals surface area contributed by atoms with E-state index < -0.39 is 5.41 Å². The summed E-state index contributed by atoms with van der Waals surface area (Å²) in [6.45, 7) is 0. The molecule has 0 N–H and O–H groups in total. The van der Waals surface area contributed by atoms with Gasteiger partial charge in [-0.15, -0.1) is 0 Å². The fourth-order valence-corrected chi connectivity index (χ4v) is 9.41. The predicted molar refractivity (Wildman–Crippen MR) is 205 cm³/mol. The van der Waals surface area contributed by atoms with Crippen molar-refractivity contribution in [2.24, 2.45) is 0 Å². The van der Waals surface area contributed by atoms with Gasteiger partial charge in [0.05, 0.1) is 33.2 Å². The van der Waals surface area contributed by atoms with E-state index in [9.17, 15) is 0 Å². The number of para-hydroxylation sites is 5. The van der Waals surface area contributed by atoms with Crippen molar-refractivity contribution in [1.29, 1.82) is 0 Å². The second-order valence-electron chi connectivity index (χ2n) is 13.6. The van der Waals surface area contributed by atoms with Crippen molar-refractivity contribution in [3.8, 4) is 22.9 Å². The number of hydrogen-bond donors (Lipinski definition) is 0. The second kappa shape index (κ2) is 9.31. The van der Waals surface area contributed by atoms with Crippen LogP contribution in [0.2, 0.25) is 0 Å². The molecule has 2 aliphatic rings. The van der Waals surface area contributed by atoms with Gasteiger partial charge < -0.3 is 13.9 Å². The average Bonchev–Trinajstić information content (AvgIpc) is 3.70. The lowest BCUT2D eigenvalue weighted by atomic mass is 9.61. The monoisotopic (exact) mass is 636 g/mol. The molecule has 10 aromatic rings. The maximum absolute atomic E-state index is 7.23. The largest absolute Gasteiger partial charge is 0.454 e. The van der Waals surface area contributed by atoms with E-state index in [4.69, 9.17) is 4.74 Å². The average molecular weight is 637 g/mol. The Hall–Kier alpha value is -6.58. The van der Waals surface area contributed by atoms with Gasteiger partial charge in [0.25, 0.3) is 0 Å². The third kappa shape index (κ3) is 3.07. The molecular formula is C47H28N2O. The molecule has 0 fully saturated rings. The summed E-state index contributed by atoms with van der Waals surface area (Å²) in [5.74, 6) is 1.79. The number of nitrogens with zero attached hydrogens (tertiary/aromatic N) is 2. The van der Waals surface area contributed by atoms with Gasteiger partial charge in [0.15, 0.2) is 5.75 Å². The summed E-state index contributed by atoms with van der Waals surface area (Å²) in [6, 6.07) is 62.2. The van der Waals surface area contributed by atoms with Crippen LogP contribution in [-0.2, 0) is 5.41 Å². The van der Waals surface area contributed by atoms with Crippen LogP contribution in [0.15, 0.2) is 170 Å². The Morgan fingerprint density at radius 3 is 1.90 bits per heavy atom. The molecule has 1 atom stereocenters. The van der Waals surface area contributed by atoms with Gasteiger partial charge in [-0.05, 0) is 58.3 Å². The number of fused-ring (bicyclic) bond motifs is 16. The smallest absolute Gasteiger partial charge is 0.156 e. The maximum Gasteiger partial charge on any atom is 0.156 e. The standard InChI is InChI=1S/C47H28N2O/c1-2-13-30-28-31(25-24-29(30)12-1)48-40-20-7-3-15-33(40)35-26-27-39-46(45(35)48)50-43-23-10-6-18-37(43)47(39)36-17-5-9-22-42(36)49-41-21-8-4-14-32(41)34-16-11-19-38(47)44(34)49/h1-28H.